The molecule has 1 aliphatic rings. The molecule has 0 spiro atoms. The summed E-state index contributed by atoms with van der Waals surface area (Å²) >= 11 is 0. The molecule has 0 saturated carbocycles. The van der Waals surface area contributed by atoms with E-state index in [-0.39, 0.29) is 17.7 Å². The first-order valence-corrected chi connectivity index (χ1v) is 11.6. The summed E-state index contributed by atoms with van der Waals surface area (Å²) in [5.74, 6) is 0.952. The molecule has 0 radical (unpaired) electrons. The van der Waals surface area contributed by atoms with E-state index in [9.17, 15) is 9.59 Å². The van der Waals surface area contributed by atoms with Gasteiger partial charge < -0.3 is 9.80 Å². The quantitative estimate of drug-likeness (QED) is 0.556. The largest absolute Gasteiger partial charge is 0.339 e. The number of benzene rings is 1. The summed E-state index contributed by atoms with van der Waals surface area (Å²) < 4.78 is 1.75. The molecule has 7 nitrogen and oxygen atoms in total. The van der Waals surface area contributed by atoms with Crippen molar-refractivity contribution >= 4 is 11.8 Å². The molecule has 0 bridgehead atoms. The van der Waals surface area contributed by atoms with Crippen molar-refractivity contribution in [2.75, 3.05) is 26.2 Å². The number of pyridine rings is 1. The van der Waals surface area contributed by atoms with Gasteiger partial charge in [-0.3, -0.25) is 9.59 Å². The molecule has 7 heteroatoms. The highest BCUT2D eigenvalue weighted by molar-refractivity contribution is 5.95. The van der Waals surface area contributed by atoms with E-state index >= 15 is 0 Å². The normalized spacial score (nSPS) is 14.0. The molecule has 0 N–H and O–H groups in total. The van der Waals surface area contributed by atoms with E-state index < -0.39 is 0 Å². The number of aryl methyl sites for hydroxylation is 1. The van der Waals surface area contributed by atoms with Gasteiger partial charge in [0.2, 0.25) is 5.91 Å². The van der Waals surface area contributed by atoms with E-state index in [0.717, 1.165) is 18.5 Å². The van der Waals surface area contributed by atoms with Gasteiger partial charge in [0.05, 0.1) is 17.5 Å². The Balaban J connectivity index is 1.35. The number of piperazine rings is 1. The zero-order valence-corrected chi connectivity index (χ0v) is 19.4. The van der Waals surface area contributed by atoms with Crippen LogP contribution in [0.3, 0.4) is 0 Å². The Labute approximate surface area is 195 Å². The fraction of sp³-hybridized carbons (Fsp3) is 0.385. The van der Waals surface area contributed by atoms with E-state index in [1.807, 2.05) is 46.2 Å². The van der Waals surface area contributed by atoms with Crippen LogP contribution < -0.4 is 0 Å². The average molecular weight is 446 g/mol. The third-order valence-electron chi connectivity index (χ3n) is 6.07. The highest BCUT2D eigenvalue weighted by atomic mass is 16.2. The number of hydrogen-bond acceptors (Lipinski definition) is 4. The van der Waals surface area contributed by atoms with Crippen LogP contribution in [-0.4, -0.2) is 62.6 Å². The molecule has 3 aromatic rings. The van der Waals surface area contributed by atoms with Crippen molar-refractivity contribution in [3.05, 3.63) is 77.7 Å². The molecular formula is C26H31N5O2. The molecule has 172 valence electrons. The Morgan fingerprint density at radius 3 is 2.30 bits per heavy atom. The van der Waals surface area contributed by atoms with E-state index in [2.05, 4.69) is 36.1 Å². The highest BCUT2D eigenvalue weighted by Gasteiger charge is 2.28. The van der Waals surface area contributed by atoms with Crippen LogP contribution in [0.25, 0.3) is 5.82 Å². The second-order valence-corrected chi connectivity index (χ2v) is 8.71. The summed E-state index contributed by atoms with van der Waals surface area (Å²) in [6.07, 6.45) is 5.65. The van der Waals surface area contributed by atoms with E-state index in [1.54, 1.807) is 17.1 Å². The minimum absolute atomic E-state index is 0.0305. The lowest BCUT2D eigenvalue weighted by Crippen LogP contribution is -2.50. The molecule has 1 aromatic carbocycles. The molecule has 33 heavy (non-hydrogen) atoms. The summed E-state index contributed by atoms with van der Waals surface area (Å²) in [6, 6.07) is 15.9. The second kappa shape index (κ2) is 10.4. The SMILES string of the molecule is CC(C)c1c(C(=O)N2CCN(C(=O)CCCc3ccccc3)CC2)cnn1-c1ccccn1. The van der Waals surface area contributed by atoms with Crippen molar-refractivity contribution in [2.24, 2.45) is 0 Å². The standard InChI is InChI=1S/C26H31N5O2/c1-20(2)25-22(19-28-31(25)23-12-6-7-14-27-23)26(33)30-17-15-29(16-18-30)24(32)13-8-11-21-9-4-3-5-10-21/h3-7,9-10,12,14,19-20H,8,11,13,15-18H2,1-2H3. The van der Waals surface area contributed by atoms with Crippen LogP contribution in [0, 0.1) is 0 Å². The number of amides is 2. The van der Waals surface area contributed by atoms with Gasteiger partial charge in [0.1, 0.15) is 0 Å². The van der Waals surface area contributed by atoms with Gasteiger partial charge in [0.25, 0.3) is 5.91 Å². The van der Waals surface area contributed by atoms with Gasteiger partial charge in [-0.05, 0) is 36.5 Å². The molecule has 0 unspecified atom stereocenters. The average Bonchev–Trinajstić information content (AvgIpc) is 3.30. The number of carbonyl (C=O) groups is 2. The molecule has 3 heterocycles. The van der Waals surface area contributed by atoms with E-state index in [0.29, 0.717) is 44.0 Å². The van der Waals surface area contributed by atoms with Crippen molar-refractivity contribution in [3.63, 3.8) is 0 Å². The number of rotatable bonds is 7. The van der Waals surface area contributed by atoms with Gasteiger partial charge in [-0.25, -0.2) is 9.67 Å². The van der Waals surface area contributed by atoms with Crippen LogP contribution in [0.15, 0.2) is 60.9 Å². The first-order valence-electron chi connectivity index (χ1n) is 11.6. The topological polar surface area (TPSA) is 71.3 Å². The van der Waals surface area contributed by atoms with E-state index in [4.69, 9.17) is 0 Å². The number of nitrogens with zero attached hydrogens (tertiary/aromatic N) is 5. The third-order valence-corrected chi connectivity index (χ3v) is 6.07. The fourth-order valence-electron chi connectivity index (χ4n) is 4.32. The first kappa shape index (κ1) is 22.7. The molecule has 4 rings (SSSR count). The lowest BCUT2D eigenvalue weighted by atomic mass is 10.0. The maximum absolute atomic E-state index is 13.3. The van der Waals surface area contributed by atoms with Crippen LogP contribution >= 0.6 is 0 Å². The minimum atomic E-state index is -0.0305. The number of carbonyl (C=O) groups excluding carboxylic acids is 2. The highest BCUT2D eigenvalue weighted by Crippen LogP contribution is 2.24. The molecule has 0 atom stereocenters. The predicted molar refractivity (Wildman–Crippen MR) is 127 cm³/mol. The summed E-state index contributed by atoms with van der Waals surface area (Å²) in [5.41, 5.74) is 2.73. The van der Waals surface area contributed by atoms with Gasteiger partial charge in [-0.15, -0.1) is 0 Å². The Morgan fingerprint density at radius 2 is 1.64 bits per heavy atom. The van der Waals surface area contributed by atoms with Crippen molar-refractivity contribution in [2.45, 2.75) is 39.0 Å². The predicted octanol–water partition coefficient (Wildman–Crippen LogP) is 3.70. The van der Waals surface area contributed by atoms with Gasteiger partial charge in [-0.2, -0.15) is 5.10 Å². The lowest BCUT2D eigenvalue weighted by molar-refractivity contribution is -0.132. The lowest BCUT2D eigenvalue weighted by Gasteiger charge is -2.35. The Hall–Kier alpha value is -3.48. The van der Waals surface area contributed by atoms with Crippen LogP contribution in [0.1, 0.15) is 54.2 Å². The summed E-state index contributed by atoms with van der Waals surface area (Å²) in [7, 11) is 0. The van der Waals surface area contributed by atoms with Gasteiger partial charge >= 0.3 is 0 Å². The second-order valence-electron chi connectivity index (χ2n) is 8.71. The van der Waals surface area contributed by atoms with Crippen molar-refractivity contribution in [1.29, 1.82) is 0 Å². The number of hydrogen-bond donors (Lipinski definition) is 0. The molecule has 1 fully saturated rings. The summed E-state index contributed by atoms with van der Waals surface area (Å²) in [6.45, 7) is 6.33. The maximum Gasteiger partial charge on any atom is 0.257 e. The smallest absolute Gasteiger partial charge is 0.257 e. The Morgan fingerprint density at radius 1 is 0.939 bits per heavy atom. The van der Waals surface area contributed by atoms with Crippen molar-refractivity contribution in [3.8, 4) is 5.82 Å². The minimum Gasteiger partial charge on any atom is -0.339 e. The maximum atomic E-state index is 13.3. The molecule has 0 aliphatic carbocycles. The van der Waals surface area contributed by atoms with Crippen molar-refractivity contribution < 1.29 is 9.59 Å². The van der Waals surface area contributed by atoms with Crippen LogP contribution in [0.5, 0.6) is 0 Å². The molecule has 1 aliphatic heterocycles. The fourth-order valence-corrected chi connectivity index (χ4v) is 4.32. The van der Waals surface area contributed by atoms with Crippen molar-refractivity contribution in [1.82, 2.24) is 24.6 Å². The zero-order chi connectivity index (χ0) is 23.2. The third kappa shape index (κ3) is 5.30. The Kier molecular flexibility index (Phi) is 7.17. The van der Waals surface area contributed by atoms with Crippen LogP contribution in [0.4, 0.5) is 0 Å². The summed E-state index contributed by atoms with van der Waals surface area (Å²) in [4.78, 5) is 34.1. The first-order chi connectivity index (χ1) is 16.0. The van der Waals surface area contributed by atoms with E-state index in [1.165, 1.54) is 5.56 Å². The Bertz CT molecular complexity index is 1070. The molecular weight excluding hydrogens is 414 g/mol. The molecule has 1 saturated heterocycles. The van der Waals surface area contributed by atoms with Gasteiger partial charge in [-0.1, -0.05) is 50.2 Å². The van der Waals surface area contributed by atoms with Gasteiger partial charge in [0.15, 0.2) is 5.82 Å². The van der Waals surface area contributed by atoms with Crippen LogP contribution in [-0.2, 0) is 11.2 Å². The monoisotopic (exact) mass is 445 g/mol. The summed E-state index contributed by atoms with van der Waals surface area (Å²) in [5, 5.41) is 4.47. The molecule has 2 amide bonds. The molecule has 2 aromatic heterocycles. The van der Waals surface area contributed by atoms with Crippen LogP contribution in [0.2, 0.25) is 0 Å². The zero-order valence-electron chi connectivity index (χ0n) is 19.4. The van der Waals surface area contributed by atoms with Gasteiger partial charge in [0, 0.05) is 38.8 Å². The number of aromatic nitrogens is 3.